The molecule has 4 heteroatoms. The Balaban J connectivity index is 2.67. The molecule has 3 nitrogen and oxygen atoms in total. The van der Waals surface area contributed by atoms with Crippen molar-refractivity contribution in [2.24, 2.45) is 0 Å². The SMILES string of the molecule is CCCNCc1c(Cl)cccc1OC(C)CCOC. The van der Waals surface area contributed by atoms with Crippen molar-refractivity contribution in [2.75, 3.05) is 20.3 Å². The van der Waals surface area contributed by atoms with Crippen molar-refractivity contribution in [3.63, 3.8) is 0 Å². The number of hydrogen-bond donors (Lipinski definition) is 1. The van der Waals surface area contributed by atoms with Crippen molar-refractivity contribution >= 4 is 11.6 Å². The second-order valence-corrected chi connectivity index (χ2v) is 5.01. The molecular weight excluding hydrogens is 262 g/mol. The quantitative estimate of drug-likeness (QED) is 0.703. The van der Waals surface area contributed by atoms with Crippen LogP contribution in [0.5, 0.6) is 5.75 Å². The molecule has 19 heavy (non-hydrogen) atoms. The molecule has 1 aromatic carbocycles. The minimum absolute atomic E-state index is 0.114. The van der Waals surface area contributed by atoms with Crippen LogP contribution in [0.2, 0.25) is 5.02 Å². The summed E-state index contributed by atoms with van der Waals surface area (Å²) in [4.78, 5) is 0. The Morgan fingerprint density at radius 1 is 1.37 bits per heavy atom. The van der Waals surface area contributed by atoms with E-state index >= 15 is 0 Å². The van der Waals surface area contributed by atoms with E-state index in [0.717, 1.165) is 42.3 Å². The van der Waals surface area contributed by atoms with E-state index in [1.54, 1.807) is 7.11 Å². The zero-order valence-corrected chi connectivity index (χ0v) is 12.8. The van der Waals surface area contributed by atoms with Crippen LogP contribution in [-0.4, -0.2) is 26.4 Å². The fourth-order valence-corrected chi connectivity index (χ4v) is 2.00. The highest BCUT2D eigenvalue weighted by Crippen LogP contribution is 2.27. The maximum atomic E-state index is 6.25. The van der Waals surface area contributed by atoms with Crippen LogP contribution in [0.25, 0.3) is 0 Å². The summed E-state index contributed by atoms with van der Waals surface area (Å²) in [5.41, 5.74) is 1.03. The number of halogens is 1. The number of rotatable bonds is 9. The Hall–Kier alpha value is -0.770. The van der Waals surface area contributed by atoms with Crippen LogP contribution in [0, 0.1) is 0 Å². The zero-order valence-electron chi connectivity index (χ0n) is 12.0. The lowest BCUT2D eigenvalue weighted by Crippen LogP contribution is -2.18. The van der Waals surface area contributed by atoms with Gasteiger partial charge in [-0.1, -0.05) is 24.6 Å². The molecule has 0 amide bonds. The van der Waals surface area contributed by atoms with E-state index in [0.29, 0.717) is 6.61 Å². The lowest BCUT2D eigenvalue weighted by atomic mass is 10.2. The van der Waals surface area contributed by atoms with Gasteiger partial charge in [-0.05, 0) is 32.0 Å². The van der Waals surface area contributed by atoms with E-state index in [2.05, 4.69) is 12.2 Å². The molecular formula is C15H24ClNO2. The summed E-state index contributed by atoms with van der Waals surface area (Å²) in [6.07, 6.45) is 2.08. The van der Waals surface area contributed by atoms with Crippen LogP contribution in [0.4, 0.5) is 0 Å². The second kappa shape index (κ2) is 9.18. The maximum Gasteiger partial charge on any atom is 0.125 e. The van der Waals surface area contributed by atoms with Gasteiger partial charge in [0.05, 0.1) is 6.10 Å². The number of methoxy groups -OCH3 is 1. The van der Waals surface area contributed by atoms with Gasteiger partial charge in [-0.2, -0.15) is 0 Å². The van der Waals surface area contributed by atoms with E-state index in [1.165, 1.54) is 0 Å². The van der Waals surface area contributed by atoms with Gasteiger partial charge in [-0.3, -0.25) is 0 Å². The molecule has 0 aliphatic heterocycles. The summed E-state index contributed by atoms with van der Waals surface area (Å²) in [6, 6.07) is 5.79. The van der Waals surface area contributed by atoms with Gasteiger partial charge in [0, 0.05) is 37.3 Å². The minimum atomic E-state index is 0.114. The third kappa shape index (κ3) is 5.81. The van der Waals surface area contributed by atoms with Crippen LogP contribution in [0.1, 0.15) is 32.3 Å². The van der Waals surface area contributed by atoms with Gasteiger partial charge in [-0.15, -0.1) is 0 Å². The second-order valence-electron chi connectivity index (χ2n) is 4.60. The Labute approximate surface area is 121 Å². The molecule has 0 bridgehead atoms. The molecule has 0 radical (unpaired) electrons. The molecule has 1 unspecified atom stereocenters. The highest BCUT2D eigenvalue weighted by Gasteiger charge is 2.11. The molecule has 0 aromatic heterocycles. The lowest BCUT2D eigenvalue weighted by molar-refractivity contribution is 0.134. The predicted molar refractivity (Wildman–Crippen MR) is 80.0 cm³/mol. The number of hydrogen-bond acceptors (Lipinski definition) is 3. The topological polar surface area (TPSA) is 30.5 Å². The predicted octanol–water partition coefficient (Wildman–Crippen LogP) is 3.64. The normalized spacial score (nSPS) is 12.4. The Bertz CT molecular complexity index is 371. The number of ether oxygens (including phenoxy) is 2. The Morgan fingerprint density at radius 2 is 2.16 bits per heavy atom. The number of benzene rings is 1. The van der Waals surface area contributed by atoms with Gasteiger partial charge in [0.2, 0.25) is 0 Å². The first-order valence-corrected chi connectivity index (χ1v) is 7.20. The van der Waals surface area contributed by atoms with Gasteiger partial charge < -0.3 is 14.8 Å². The largest absolute Gasteiger partial charge is 0.490 e. The molecule has 0 spiro atoms. The van der Waals surface area contributed by atoms with Crippen molar-refractivity contribution in [1.29, 1.82) is 0 Å². The van der Waals surface area contributed by atoms with Gasteiger partial charge in [0.1, 0.15) is 5.75 Å². The summed E-state index contributed by atoms with van der Waals surface area (Å²) in [6.45, 7) is 6.60. The average Bonchev–Trinajstić information content (AvgIpc) is 2.39. The van der Waals surface area contributed by atoms with Crippen LogP contribution < -0.4 is 10.1 Å². The van der Waals surface area contributed by atoms with Gasteiger partial charge >= 0.3 is 0 Å². The third-order valence-electron chi connectivity index (χ3n) is 2.86. The molecule has 0 fully saturated rings. The molecule has 0 aliphatic rings. The van der Waals surface area contributed by atoms with Crippen molar-refractivity contribution < 1.29 is 9.47 Å². The summed E-state index contributed by atoms with van der Waals surface area (Å²) in [5, 5.41) is 4.11. The molecule has 0 heterocycles. The molecule has 1 atom stereocenters. The highest BCUT2D eigenvalue weighted by atomic mass is 35.5. The first-order chi connectivity index (χ1) is 9.19. The highest BCUT2D eigenvalue weighted by molar-refractivity contribution is 6.31. The maximum absolute atomic E-state index is 6.25. The molecule has 0 saturated heterocycles. The van der Waals surface area contributed by atoms with Crippen LogP contribution in [0.3, 0.4) is 0 Å². The zero-order chi connectivity index (χ0) is 14.1. The van der Waals surface area contributed by atoms with E-state index in [-0.39, 0.29) is 6.10 Å². The fraction of sp³-hybridized carbons (Fsp3) is 0.600. The molecule has 0 aliphatic carbocycles. The van der Waals surface area contributed by atoms with E-state index < -0.39 is 0 Å². The van der Waals surface area contributed by atoms with Crippen molar-refractivity contribution in [3.05, 3.63) is 28.8 Å². The van der Waals surface area contributed by atoms with E-state index in [9.17, 15) is 0 Å². The third-order valence-corrected chi connectivity index (χ3v) is 3.22. The molecule has 1 rings (SSSR count). The summed E-state index contributed by atoms with van der Waals surface area (Å²) in [5.74, 6) is 0.861. The van der Waals surface area contributed by atoms with Crippen molar-refractivity contribution in [2.45, 2.75) is 39.3 Å². The van der Waals surface area contributed by atoms with Crippen molar-refractivity contribution in [3.8, 4) is 5.75 Å². The van der Waals surface area contributed by atoms with E-state index in [4.69, 9.17) is 21.1 Å². The first-order valence-electron chi connectivity index (χ1n) is 6.82. The molecule has 1 N–H and O–H groups in total. The fourth-order valence-electron chi connectivity index (χ4n) is 1.77. The Kier molecular flexibility index (Phi) is 7.87. The van der Waals surface area contributed by atoms with Gasteiger partial charge in [0.15, 0.2) is 0 Å². The van der Waals surface area contributed by atoms with Crippen LogP contribution >= 0.6 is 11.6 Å². The molecule has 108 valence electrons. The lowest BCUT2D eigenvalue weighted by Gasteiger charge is -2.18. The summed E-state index contributed by atoms with van der Waals surface area (Å²) >= 11 is 6.25. The summed E-state index contributed by atoms with van der Waals surface area (Å²) in [7, 11) is 1.70. The van der Waals surface area contributed by atoms with E-state index in [1.807, 2.05) is 25.1 Å². The standard InChI is InChI=1S/C15H24ClNO2/c1-4-9-17-11-13-14(16)6-5-7-15(13)19-12(2)8-10-18-3/h5-7,12,17H,4,8-11H2,1-3H3. The summed E-state index contributed by atoms with van der Waals surface area (Å²) < 4.78 is 11.0. The van der Waals surface area contributed by atoms with Crippen molar-refractivity contribution in [1.82, 2.24) is 5.32 Å². The monoisotopic (exact) mass is 285 g/mol. The smallest absolute Gasteiger partial charge is 0.125 e. The molecule has 0 saturated carbocycles. The number of nitrogens with one attached hydrogen (secondary N) is 1. The Morgan fingerprint density at radius 3 is 2.84 bits per heavy atom. The molecule has 1 aromatic rings. The first kappa shape index (κ1) is 16.3. The van der Waals surface area contributed by atoms with Gasteiger partial charge in [-0.25, -0.2) is 0 Å². The average molecular weight is 286 g/mol. The minimum Gasteiger partial charge on any atom is -0.490 e. The van der Waals surface area contributed by atoms with Crippen LogP contribution in [0.15, 0.2) is 18.2 Å². The van der Waals surface area contributed by atoms with Crippen LogP contribution in [-0.2, 0) is 11.3 Å². The van der Waals surface area contributed by atoms with Gasteiger partial charge in [0.25, 0.3) is 0 Å².